The number of amides is 1. The number of benzene rings is 1. The second-order valence-electron chi connectivity index (χ2n) is 4.59. The molecule has 0 atom stereocenters. The number of thioether (sulfide) groups is 1. The first-order valence-corrected chi connectivity index (χ1v) is 7.46. The summed E-state index contributed by atoms with van der Waals surface area (Å²) < 4.78 is 42.5. The molecule has 1 aromatic carbocycles. The van der Waals surface area contributed by atoms with Crippen molar-refractivity contribution in [3.63, 3.8) is 0 Å². The molecule has 0 unspecified atom stereocenters. The van der Waals surface area contributed by atoms with E-state index in [-0.39, 0.29) is 23.6 Å². The highest BCUT2D eigenvalue weighted by Gasteiger charge is 2.32. The van der Waals surface area contributed by atoms with Gasteiger partial charge >= 0.3 is 5.51 Å². The summed E-state index contributed by atoms with van der Waals surface area (Å²) >= 11 is -0.440. The van der Waals surface area contributed by atoms with Crippen LogP contribution in [-0.4, -0.2) is 28.6 Å². The number of nitrogens with one attached hydrogen (secondary N) is 1. The number of phenolic OH excluding ortho intramolecular Hbond substituents is 1. The van der Waals surface area contributed by atoms with Gasteiger partial charge < -0.3 is 15.2 Å². The largest absolute Gasteiger partial charge is 0.504 e. The van der Waals surface area contributed by atoms with E-state index in [1.165, 1.54) is 37.6 Å². The zero-order valence-electron chi connectivity index (χ0n) is 12.4. The molecule has 0 aliphatic carbocycles. The van der Waals surface area contributed by atoms with Gasteiger partial charge in [-0.2, -0.15) is 13.2 Å². The van der Waals surface area contributed by atoms with Gasteiger partial charge in [0, 0.05) is 24.5 Å². The van der Waals surface area contributed by atoms with Gasteiger partial charge in [0.15, 0.2) is 11.5 Å². The Morgan fingerprint density at radius 1 is 1.38 bits per heavy atom. The molecule has 9 heteroatoms. The summed E-state index contributed by atoms with van der Waals surface area (Å²) in [6.07, 6.45) is 1.19. The molecule has 5 nitrogen and oxygen atoms in total. The molecule has 1 amide bonds. The van der Waals surface area contributed by atoms with Crippen molar-refractivity contribution in [2.75, 3.05) is 7.11 Å². The molecular formula is C15H13F3N2O3S. The van der Waals surface area contributed by atoms with Gasteiger partial charge in [0.25, 0.3) is 5.91 Å². The van der Waals surface area contributed by atoms with Gasteiger partial charge in [-0.25, -0.2) is 4.98 Å². The average Bonchev–Trinajstić information content (AvgIpc) is 2.52. The maximum Gasteiger partial charge on any atom is 0.447 e. The van der Waals surface area contributed by atoms with Crippen molar-refractivity contribution in [2.24, 2.45) is 0 Å². The highest BCUT2D eigenvalue weighted by atomic mass is 32.2. The predicted molar refractivity (Wildman–Crippen MR) is 82.0 cm³/mol. The van der Waals surface area contributed by atoms with Crippen molar-refractivity contribution in [2.45, 2.75) is 17.1 Å². The van der Waals surface area contributed by atoms with Gasteiger partial charge in [-0.05, 0) is 29.8 Å². The summed E-state index contributed by atoms with van der Waals surface area (Å²) in [4.78, 5) is 15.7. The minimum atomic E-state index is -4.53. The number of halogens is 3. The van der Waals surface area contributed by atoms with Crippen LogP contribution in [0.3, 0.4) is 0 Å². The van der Waals surface area contributed by atoms with E-state index < -0.39 is 28.2 Å². The summed E-state index contributed by atoms with van der Waals surface area (Å²) in [6.45, 7) is 0.0560. The van der Waals surface area contributed by atoms with E-state index in [0.29, 0.717) is 5.56 Å². The highest BCUT2D eigenvalue weighted by molar-refractivity contribution is 8.00. The van der Waals surface area contributed by atoms with Crippen LogP contribution in [0.2, 0.25) is 0 Å². The van der Waals surface area contributed by atoms with Gasteiger partial charge in [-0.1, -0.05) is 6.07 Å². The number of hydrogen-bond donors (Lipinski definition) is 2. The number of aromatic hydroxyl groups is 1. The van der Waals surface area contributed by atoms with Gasteiger partial charge in [-0.3, -0.25) is 4.79 Å². The smallest absolute Gasteiger partial charge is 0.447 e. The molecule has 1 aromatic heterocycles. The molecule has 128 valence electrons. The van der Waals surface area contributed by atoms with Gasteiger partial charge in [-0.15, -0.1) is 0 Å². The van der Waals surface area contributed by atoms with Crippen LogP contribution in [-0.2, 0) is 6.54 Å². The maximum absolute atomic E-state index is 12.5. The number of carbonyl (C=O) groups is 1. The van der Waals surface area contributed by atoms with E-state index in [4.69, 9.17) is 4.74 Å². The zero-order chi connectivity index (χ0) is 17.7. The minimum absolute atomic E-state index is 0.0521. The summed E-state index contributed by atoms with van der Waals surface area (Å²) in [5.74, 6) is -0.498. The van der Waals surface area contributed by atoms with Crippen molar-refractivity contribution in [3.8, 4) is 11.5 Å². The minimum Gasteiger partial charge on any atom is -0.504 e. The third-order valence-corrected chi connectivity index (χ3v) is 3.68. The molecule has 24 heavy (non-hydrogen) atoms. The zero-order valence-corrected chi connectivity index (χ0v) is 13.2. The van der Waals surface area contributed by atoms with Crippen molar-refractivity contribution in [1.82, 2.24) is 10.3 Å². The monoisotopic (exact) mass is 358 g/mol. The molecule has 0 aliphatic rings. The standard InChI is InChI=1S/C15H13F3N2O3S/c1-23-12-7-9(4-5-11(12)21)8-20-13(22)10-3-2-6-19-14(10)24-15(16,17)18/h2-7,21H,8H2,1H3,(H,20,22). The number of nitrogens with zero attached hydrogens (tertiary/aromatic N) is 1. The molecule has 2 N–H and O–H groups in total. The van der Waals surface area contributed by atoms with Crippen molar-refractivity contribution in [3.05, 3.63) is 47.7 Å². The fourth-order valence-corrected chi connectivity index (χ4v) is 2.47. The maximum atomic E-state index is 12.5. The highest BCUT2D eigenvalue weighted by Crippen LogP contribution is 2.37. The Hall–Kier alpha value is -2.42. The van der Waals surface area contributed by atoms with Crippen LogP contribution < -0.4 is 10.1 Å². The lowest BCUT2D eigenvalue weighted by Gasteiger charge is -2.11. The van der Waals surface area contributed by atoms with E-state index in [0.717, 1.165) is 0 Å². The lowest BCUT2D eigenvalue weighted by molar-refractivity contribution is -0.0329. The summed E-state index contributed by atoms with van der Waals surface area (Å²) in [5.41, 5.74) is -4.08. The van der Waals surface area contributed by atoms with Crippen LogP contribution >= 0.6 is 11.8 Å². The predicted octanol–water partition coefficient (Wildman–Crippen LogP) is 3.34. The molecule has 0 saturated carbocycles. The Bertz CT molecular complexity index is 738. The fraction of sp³-hybridized carbons (Fsp3) is 0.200. The fourth-order valence-electron chi connectivity index (χ4n) is 1.86. The summed E-state index contributed by atoms with van der Waals surface area (Å²) in [5, 5.41) is 11.6. The quantitative estimate of drug-likeness (QED) is 0.802. The number of hydrogen-bond acceptors (Lipinski definition) is 5. The molecule has 2 aromatic rings. The van der Waals surface area contributed by atoms with Crippen LogP contribution in [0, 0.1) is 0 Å². The third kappa shape index (κ3) is 4.79. The van der Waals surface area contributed by atoms with Crippen LogP contribution in [0.1, 0.15) is 15.9 Å². The Morgan fingerprint density at radius 2 is 2.12 bits per heavy atom. The van der Waals surface area contributed by atoms with E-state index in [1.807, 2.05) is 0 Å². The number of phenols is 1. The van der Waals surface area contributed by atoms with Crippen LogP contribution in [0.5, 0.6) is 11.5 Å². The molecule has 0 fully saturated rings. The number of ether oxygens (including phenoxy) is 1. The number of alkyl halides is 3. The number of methoxy groups -OCH3 is 1. The molecule has 2 rings (SSSR count). The molecule has 0 saturated heterocycles. The third-order valence-electron chi connectivity index (χ3n) is 2.93. The lowest BCUT2D eigenvalue weighted by atomic mass is 10.2. The van der Waals surface area contributed by atoms with E-state index in [1.54, 1.807) is 6.07 Å². The second kappa shape index (κ2) is 7.43. The number of carbonyl (C=O) groups excluding carboxylic acids is 1. The first kappa shape index (κ1) is 17.9. The Balaban J connectivity index is 2.11. The van der Waals surface area contributed by atoms with Crippen LogP contribution in [0.4, 0.5) is 13.2 Å². The topological polar surface area (TPSA) is 71.5 Å². The molecule has 0 spiro atoms. The molecule has 0 aliphatic heterocycles. The molecule has 0 radical (unpaired) electrons. The number of aromatic nitrogens is 1. The first-order valence-electron chi connectivity index (χ1n) is 6.65. The van der Waals surface area contributed by atoms with E-state index in [2.05, 4.69) is 10.3 Å². The van der Waals surface area contributed by atoms with Gasteiger partial charge in [0.2, 0.25) is 0 Å². The van der Waals surface area contributed by atoms with Gasteiger partial charge in [0.05, 0.1) is 12.7 Å². The number of pyridine rings is 1. The van der Waals surface area contributed by atoms with E-state index >= 15 is 0 Å². The number of rotatable bonds is 5. The summed E-state index contributed by atoms with van der Waals surface area (Å²) in [6, 6.07) is 7.14. The van der Waals surface area contributed by atoms with Gasteiger partial charge in [0.1, 0.15) is 5.03 Å². The first-order chi connectivity index (χ1) is 11.3. The average molecular weight is 358 g/mol. The summed E-state index contributed by atoms with van der Waals surface area (Å²) in [7, 11) is 1.38. The normalized spacial score (nSPS) is 11.2. The SMILES string of the molecule is COc1cc(CNC(=O)c2cccnc2SC(F)(F)F)ccc1O. The Morgan fingerprint density at radius 3 is 2.79 bits per heavy atom. The van der Waals surface area contributed by atoms with Crippen molar-refractivity contribution in [1.29, 1.82) is 0 Å². The van der Waals surface area contributed by atoms with E-state index in [9.17, 15) is 23.1 Å². The molecule has 1 heterocycles. The Labute approximate surface area is 139 Å². The molecule has 0 bridgehead atoms. The van der Waals surface area contributed by atoms with Crippen LogP contribution in [0.25, 0.3) is 0 Å². The Kier molecular flexibility index (Phi) is 5.55. The van der Waals surface area contributed by atoms with Crippen LogP contribution in [0.15, 0.2) is 41.6 Å². The molecular weight excluding hydrogens is 345 g/mol. The van der Waals surface area contributed by atoms with Crippen molar-refractivity contribution >= 4 is 17.7 Å². The second-order valence-corrected chi connectivity index (χ2v) is 5.65. The van der Waals surface area contributed by atoms with Crippen molar-refractivity contribution < 1.29 is 27.8 Å². The lowest BCUT2D eigenvalue weighted by Crippen LogP contribution is -2.24.